The molecule has 0 radical (unpaired) electrons. The lowest BCUT2D eigenvalue weighted by Gasteiger charge is -2.39. The third-order valence-electron chi connectivity index (χ3n) is 4.66. The molecular formula is C15H21BrN2. The normalized spacial score (nSPS) is 31.7. The molecule has 2 aliphatic rings. The molecular weight excluding hydrogens is 288 g/mol. The van der Waals surface area contributed by atoms with Gasteiger partial charge in [-0.05, 0) is 59.2 Å². The molecule has 18 heavy (non-hydrogen) atoms. The molecule has 1 N–H and O–H groups in total. The molecule has 3 rings (SSSR count). The van der Waals surface area contributed by atoms with Crippen LogP contribution in [-0.2, 0) is 0 Å². The summed E-state index contributed by atoms with van der Waals surface area (Å²) in [5.74, 6) is 1.99. The second kappa shape index (κ2) is 5.60. The third kappa shape index (κ3) is 2.71. The summed E-state index contributed by atoms with van der Waals surface area (Å²) >= 11 is 3.52. The predicted octanol–water partition coefficient (Wildman–Crippen LogP) is 4.61. The van der Waals surface area contributed by atoms with Gasteiger partial charge in [-0.25, -0.2) is 4.98 Å². The fourth-order valence-corrected chi connectivity index (χ4v) is 4.08. The van der Waals surface area contributed by atoms with Crippen LogP contribution in [0.3, 0.4) is 0 Å². The molecule has 2 saturated carbocycles. The second-order valence-electron chi connectivity index (χ2n) is 5.80. The van der Waals surface area contributed by atoms with Crippen molar-refractivity contribution in [2.45, 2.75) is 51.0 Å². The Hall–Kier alpha value is -0.570. The Bertz CT molecular complexity index is 407. The fourth-order valence-electron chi connectivity index (χ4n) is 3.72. The van der Waals surface area contributed by atoms with Crippen molar-refractivity contribution in [1.82, 2.24) is 4.98 Å². The topological polar surface area (TPSA) is 24.9 Å². The zero-order valence-electron chi connectivity index (χ0n) is 10.7. The van der Waals surface area contributed by atoms with Gasteiger partial charge in [-0.15, -0.1) is 0 Å². The number of fused-ring (bicyclic) bond motifs is 1. The standard InChI is InChI=1S/C15H21BrN2/c16-15-14(6-3-9-17-15)18-13-8-7-11-4-1-2-5-12(11)10-13/h3,6,9,11-13,18H,1-2,4-5,7-8,10H2. The van der Waals surface area contributed by atoms with Crippen LogP contribution in [0.2, 0.25) is 0 Å². The van der Waals surface area contributed by atoms with E-state index in [-0.39, 0.29) is 0 Å². The van der Waals surface area contributed by atoms with Crippen molar-refractivity contribution < 1.29 is 0 Å². The summed E-state index contributed by atoms with van der Waals surface area (Å²) in [7, 11) is 0. The molecule has 2 aliphatic carbocycles. The lowest BCUT2D eigenvalue weighted by atomic mass is 9.69. The molecule has 3 atom stereocenters. The monoisotopic (exact) mass is 308 g/mol. The van der Waals surface area contributed by atoms with Crippen LogP contribution in [0.25, 0.3) is 0 Å². The fraction of sp³-hybridized carbons (Fsp3) is 0.667. The van der Waals surface area contributed by atoms with E-state index in [1.807, 2.05) is 12.3 Å². The van der Waals surface area contributed by atoms with Crippen LogP contribution in [-0.4, -0.2) is 11.0 Å². The highest BCUT2D eigenvalue weighted by molar-refractivity contribution is 9.10. The maximum absolute atomic E-state index is 4.28. The van der Waals surface area contributed by atoms with Crippen molar-refractivity contribution in [2.24, 2.45) is 11.8 Å². The SMILES string of the molecule is Brc1ncccc1NC1CCC2CCCCC2C1. The summed E-state index contributed by atoms with van der Waals surface area (Å²) in [5, 5.41) is 3.67. The van der Waals surface area contributed by atoms with Gasteiger partial charge in [-0.3, -0.25) is 0 Å². The van der Waals surface area contributed by atoms with E-state index < -0.39 is 0 Å². The van der Waals surface area contributed by atoms with E-state index in [0.717, 1.165) is 22.1 Å². The largest absolute Gasteiger partial charge is 0.380 e. The molecule has 0 bridgehead atoms. The summed E-state index contributed by atoms with van der Waals surface area (Å²) < 4.78 is 0.941. The smallest absolute Gasteiger partial charge is 0.129 e. The number of aromatic nitrogens is 1. The minimum atomic E-state index is 0.643. The first-order chi connectivity index (χ1) is 8.83. The number of rotatable bonds is 2. The zero-order valence-corrected chi connectivity index (χ0v) is 12.3. The summed E-state index contributed by atoms with van der Waals surface area (Å²) in [6.45, 7) is 0. The first-order valence-corrected chi connectivity index (χ1v) is 7.99. The van der Waals surface area contributed by atoms with Crippen molar-refractivity contribution in [3.63, 3.8) is 0 Å². The lowest BCUT2D eigenvalue weighted by Crippen LogP contribution is -2.34. The number of nitrogens with one attached hydrogen (secondary N) is 1. The number of nitrogens with zero attached hydrogens (tertiary/aromatic N) is 1. The highest BCUT2D eigenvalue weighted by Gasteiger charge is 2.32. The minimum Gasteiger partial charge on any atom is -0.380 e. The van der Waals surface area contributed by atoms with Gasteiger partial charge in [0.25, 0.3) is 0 Å². The Morgan fingerprint density at radius 2 is 1.94 bits per heavy atom. The van der Waals surface area contributed by atoms with E-state index in [1.165, 1.54) is 44.9 Å². The maximum atomic E-state index is 4.28. The Morgan fingerprint density at radius 3 is 2.78 bits per heavy atom. The van der Waals surface area contributed by atoms with Crippen molar-refractivity contribution in [1.29, 1.82) is 0 Å². The molecule has 0 aromatic carbocycles. The highest BCUT2D eigenvalue weighted by Crippen LogP contribution is 2.41. The molecule has 98 valence electrons. The number of pyridine rings is 1. The number of anilines is 1. The molecule has 3 unspecified atom stereocenters. The van der Waals surface area contributed by atoms with Crippen LogP contribution in [0.5, 0.6) is 0 Å². The van der Waals surface area contributed by atoms with Gasteiger partial charge in [0, 0.05) is 12.2 Å². The minimum absolute atomic E-state index is 0.643. The molecule has 0 saturated heterocycles. The van der Waals surface area contributed by atoms with Gasteiger partial charge in [-0.1, -0.05) is 25.7 Å². The Morgan fingerprint density at radius 1 is 1.11 bits per heavy atom. The van der Waals surface area contributed by atoms with Crippen molar-refractivity contribution in [3.8, 4) is 0 Å². The average molecular weight is 309 g/mol. The second-order valence-corrected chi connectivity index (χ2v) is 6.55. The van der Waals surface area contributed by atoms with Crippen molar-refractivity contribution in [3.05, 3.63) is 22.9 Å². The van der Waals surface area contributed by atoms with Crippen LogP contribution >= 0.6 is 15.9 Å². The molecule has 0 amide bonds. The Kier molecular flexibility index (Phi) is 3.88. The molecule has 1 heterocycles. The summed E-state index contributed by atoms with van der Waals surface area (Å²) in [6, 6.07) is 4.76. The first-order valence-electron chi connectivity index (χ1n) is 7.20. The van der Waals surface area contributed by atoms with E-state index in [0.29, 0.717) is 6.04 Å². The molecule has 0 spiro atoms. The van der Waals surface area contributed by atoms with Gasteiger partial charge in [0.05, 0.1) is 5.69 Å². The quantitative estimate of drug-likeness (QED) is 0.807. The van der Waals surface area contributed by atoms with Crippen LogP contribution in [0.1, 0.15) is 44.9 Å². The molecule has 2 nitrogen and oxygen atoms in total. The molecule has 1 aromatic rings. The van der Waals surface area contributed by atoms with Crippen molar-refractivity contribution in [2.75, 3.05) is 5.32 Å². The maximum Gasteiger partial charge on any atom is 0.129 e. The highest BCUT2D eigenvalue weighted by atomic mass is 79.9. The van der Waals surface area contributed by atoms with Gasteiger partial charge < -0.3 is 5.32 Å². The summed E-state index contributed by atoms with van der Waals surface area (Å²) in [4.78, 5) is 4.28. The third-order valence-corrected chi connectivity index (χ3v) is 5.29. The van der Waals surface area contributed by atoms with E-state index in [2.05, 4.69) is 32.3 Å². The first kappa shape index (κ1) is 12.5. The summed E-state index contributed by atoms with van der Waals surface area (Å²) in [6.07, 6.45) is 11.8. The predicted molar refractivity (Wildman–Crippen MR) is 78.6 cm³/mol. The Balaban J connectivity index is 1.63. The molecule has 2 fully saturated rings. The average Bonchev–Trinajstić information content (AvgIpc) is 2.41. The van der Waals surface area contributed by atoms with Crippen LogP contribution < -0.4 is 5.32 Å². The number of hydrogen-bond acceptors (Lipinski definition) is 2. The van der Waals surface area contributed by atoms with E-state index in [1.54, 1.807) is 0 Å². The van der Waals surface area contributed by atoms with E-state index >= 15 is 0 Å². The zero-order chi connectivity index (χ0) is 12.4. The number of halogens is 1. The van der Waals surface area contributed by atoms with Crippen LogP contribution in [0, 0.1) is 11.8 Å². The van der Waals surface area contributed by atoms with Crippen LogP contribution in [0.15, 0.2) is 22.9 Å². The lowest BCUT2D eigenvalue weighted by molar-refractivity contribution is 0.162. The van der Waals surface area contributed by atoms with E-state index in [9.17, 15) is 0 Å². The van der Waals surface area contributed by atoms with Crippen molar-refractivity contribution >= 4 is 21.6 Å². The molecule has 1 aromatic heterocycles. The molecule has 0 aliphatic heterocycles. The van der Waals surface area contributed by atoms with Gasteiger partial charge in [0.2, 0.25) is 0 Å². The van der Waals surface area contributed by atoms with Crippen LogP contribution in [0.4, 0.5) is 5.69 Å². The van der Waals surface area contributed by atoms with Gasteiger partial charge in [-0.2, -0.15) is 0 Å². The van der Waals surface area contributed by atoms with E-state index in [4.69, 9.17) is 0 Å². The van der Waals surface area contributed by atoms with Gasteiger partial charge in [0.1, 0.15) is 4.60 Å². The van der Waals surface area contributed by atoms with Gasteiger partial charge >= 0.3 is 0 Å². The Labute approximate surface area is 118 Å². The summed E-state index contributed by atoms with van der Waals surface area (Å²) in [5.41, 5.74) is 1.15. The van der Waals surface area contributed by atoms with Gasteiger partial charge in [0.15, 0.2) is 0 Å². The number of hydrogen-bond donors (Lipinski definition) is 1. The molecule has 3 heteroatoms.